The van der Waals surface area contributed by atoms with Gasteiger partial charge in [0.2, 0.25) is 0 Å². The molecule has 0 aliphatic heterocycles. The fraction of sp³-hybridized carbons (Fsp3) is 0.800. The van der Waals surface area contributed by atoms with Crippen LogP contribution in [0.2, 0.25) is 0 Å². The smallest absolute Gasteiger partial charge is 0.372 e. The second-order valence-electron chi connectivity index (χ2n) is 1.52. The SMILES string of the molecule is [CH2]CCOCC(F)(F)F. The van der Waals surface area contributed by atoms with E-state index < -0.39 is 12.8 Å². The number of halogens is 3. The Morgan fingerprint density at radius 3 is 2.22 bits per heavy atom. The molecule has 55 valence electrons. The van der Waals surface area contributed by atoms with Crippen molar-refractivity contribution in [2.24, 2.45) is 0 Å². The summed E-state index contributed by atoms with van der Waals surface area (Å²) in [7, 11) is 0. The molecule has 0 aromatic rings. The second-order valence-corrected chi connectivity index (χ2v) is 1.52. The lowest BCUT2D eigenvalue weighted by molar-refractivity contribution is -0.173. The highest BCUT2D eigenvalue weighted by Gasteiger charge is 2.26. The predicted octanol–water partition coefficient (Wildman–Crippen LogP) is 1.79. The molecule has 0 aromatic heterocycles. The third kappa shape index (κ3) is 7.75. The first kappa shape index (κ1) is 8.75. The third-order valence-electron chi connectivity index (χ3n) is 0.554. The lowest BCUT2D eigenvalue weighted by Gasteiger charge is -2.04. The van der Waals surface area contributed by atoms with Crippen molar-refractivity contribution in [2.45, 2.75) is 12.6 Å². The van der Waals surface area contributed by atoms with Gasteiger partial charge in [-0.1, -0.05) is 6.92 Å². The van der Waals surface area contributed by atoms with Crippen LogP contribution in [0.1, 0.15) is 6.42 Å². The van der Waals surface area contributed by atoms with Crippen molar-refractivity contribution in [1.82, 2.24) is 0 Å². The van der Waals surface area contributed by atoms with Crippen LogP contribution in [0.15, 0.2) is 0 Å². The van der Waals surface area contributed by atoms with Gasteiger partial charge in [0.1, 0.15) is 6.61 Å². The molecule has 0 spiro atoms. The molecule has 0 bridgehead atoms. The molecule has 0 aliphatic rings. The maximum atomic E-state index is 11.2. The van der Waals surface area contributed by atoms with Gasteiger partial charge in [0.25, 0.3) is 0 Å². The Hall–Kier alpha value is -0.250. The van der Waals surface area contributed by atoms with Crippen LogP contribution in [0.25, 0.3) is 0 Å². The lowest BCUT2D eigenvalue weighted by atomic mass is 10.5. The van der Waals surface area contributed by atoms with Crippen LogP contribution in [0.5, 0.6) is 0 Å². The molecule has 1 radical (unpaired) electrons. The Morgan fingerprint density at radius 1 is 1.33 bits per heavy atom. The van der Waals surface area contributed by atoms with Gasteiger partial charge < -0.3 is 4.74 Å². The summed E-state index contributed by atoms with van der Waals surface area (Å²) >= 11 is 0. The Kier molecular flexibility index (Phi) is 3.61. The fourth-order valence-corrected chi connectivity index (χ4v) is 0.290. The first-order chi connectivity index (χ1) is 4.06. The first-order valence-electron chi connectivity index (χ1n) is 2.50. The minimum Gasteiger partial charge on any atom is -0.372 e. The standard InChI is InChI=1S/C5H8F3O/c1-2-3-9-4-5(6,7)8/h1-4H2. The van der Waals surface area contributed by atoms with Crippen molar-refractivity contribution < 1.29 is 17.9 Å². The molecule has 0 unspecified atom stereocenters. The Labute approximate surface area is 51.8 Å². The van der Waals surface area contributed by atoms with E-state index in [9.17, 15) is 13.2 Å². The average molecular weight is 141 g/mol. The van der Waals surface area contributed by atoms with Crippen molar-refractivity contribution in [3.05, 3.63) is 6.92 Å². The lowest BCUT2D eigenvalue weighted by Crippen LogP contribution is -2.17. The highest BCUT2D eigenvalue weighted by Crippen LogP contribution is 2.14. The molecule has 0 atom stereocenters. The van der Waals surface area contributed by atoms with E-state index >= 15 is 0 Å². The van der Waals surface area contributed by atoms with Gasteiger partial charge in [-0.2, -0.15) is 13.2 Å². The molecule has 0 saturated heterocycles. The zero-order valence-corrected chi connectivity index (χ0v) is 4.87. The zero-order valence-electron chi connectivity index (χ0n) is 4.87. The van der Waals surface area contributed by atoms with Crippen molar-refractivity contribution >= 4 is 0 Å². The molecular formula is C5H8F3O. The van der Waals surface area contributed by atoms with Crippen LogP contribution in [0, 0.1) is 6.92 Å². The Morgan fingerprint density at radius 2 is 1.89 bits per heavy atom. The van der Waals surface area contributed by atoms with Crippen LogP contribution < -0.4 is 0 Å². The highest BCUT2D eigenvalue weighted by atomic mass is 19.4. The largest absolute Gasteiger partial charge is 0.411 e. The molecule has 1 nitrogen and oxygen atoms in total. The summed E-state index contributed by atoms with van der Waals surface area (Å²) in [6, 6.07) is 0. The van der Waals surface area contributed by atoms with Gasteiger partial charge in [0.05, 0.1) is 0 Å². The molecule has 0 rings (SSSR count). The summed E-state index contributed by atoms with van der Waals surface area (Å²) in [6.07, 6.45) is -3.83. The fourth-order valence-electron chi connectivity index (χ4n) is 0.290. The molecule has 0 aromatic carbocycles. The van der Waals surface area contributed by atoms with Crippen molar-refractivity contribution in [3.63, 3.8) is 0 Å². The van der Waals surface area contributed by atoms with Crippen molar-refractivity contribution in [1.29, 1.82) is 0 Å². The molecule has 9 heavy (non-hydrogen) atoms. The summed E-state index contributed by atoms with van der Waals surface area (Å²) in [6.45, 7) is 2.22. The third-order valence-corrected chi connectivity index (χ3v) is 0.554. The molecule has 0 saturated carbocycles. The Bertz CT molecular complexity index is 69.1. The van der Waals surface area contributed by atoms with Gasteiger partial charge in [-0.05, 0) is 6.42 Å². The highest BCUT2D eigenvalue weighted by molar-refractivity contribution is 4.45. The van der Waals surface area contributed by atoms with Gasteiger partial charge in [-0.15, -0.1) is 0 Å². The van der Waals surface area contributed by atoms with Crippen LogP contribution in [-0.4, -0.2) is 19.4 Å². The Balaban J connectivity index is 3.07. The molecular weight excluding hydrogens is 133 g/mol. The average Bonchev–Trinajstić information content (AvgIpc) is 1.63. The normalized spacial score (nSPS) is 12.0. The molecule has 4 heteroatoms. The summed E-state index contributed by atoms with van der Waals surface area (Å²) in [5.74, 6) is 0. The van der Waals surface area contributed by atoms with E-state index in [-0.39, 0.29) is 6.61 Å². The van der Waals surface area contributed by atoms with E-state index in [0.29, 0.717) is 6.42 Å². The number of alkyl halides is 3. The van der Waals surface area contributed by atoms with E-state index in [1.165, 1.54) is 0 Å². The van der Waals surface area contributed by atoms with Gasteiger partial charge in [-0.3, -0.25) is 0 Å². The van der Waals surface area contributed by atoms with E-state index in [2.05, 4.69) is 11.7 Å². The second kappa shape index (κ2) is 3.71. The van der Waals surface area contributed by atoms with Crippen LogP contribution in [0.4, 0.5) is 13.2 Å². The summed E-state index contributed by atoms with van der Waals surface area (Å²) in [5.41, 5.74) is 0. The quantitative estimate of drug-likeness (QED) is 0.544. The number of hydrogen-bond donors (Lipinski definition) is 0. The van der Waals surface area contributed by atoms with Crippen molar-refractivity contribution in [2.75, 3.05) is 13.2 Å². The molecule has 0 fully saturated rings. The van der Waals surface area contributed by atoms with Crippen LogP contribution >= 0.6 is 0 Å². The van der Waals surface area contributed by atoms with Gasteiger partial charge in [0.15, 0.2) is 0 Å². The van der Waals surface area contributed by atoms with Crippen LogP contribution in [0.3, 0.4) is 0 Å². The zero-order chi connectivity index (χ0) is 7.33. The molecule has 0 heterocycles. The van der Waals surface area contributed by atoms with Crippen LogP contribution in [-0.2, 0) is 4.74 Å². The summed E-state index contributed by atoms with van der Waals surface area (Å²) < 4.78 is 37.9. The topological polar surface area (TPSA) is 9.23 Å². The molecule has 0 amide bonds. The molecule has 0 aliphatic carbocycles. The van der Waals surface area contributed by atoms with E-state index in [0.717, 1.165) is 0 Å². The monoisotopic (exact) mass is 141 g/mol. The van der Waals surface area contributed by atoms with Crippen molar-refractivity contribution in [3.8, 4) is 0 Å². The minimum atomic E-state index is -4.20. The number of ether oxygens (including phenoxy) is 1. The minimum absolute atomic E-state index is 0.0690. The molecule has 0 N–H and O–H groups in total. The maximum absolute atomic E-state index is 11.2. The van der Waals surface area contributed by atoms with Gasteiger partial charge in [0, 0.05) is 6.61 Å². The van der Waals surface area contributed by atoms with Gasteiger partial charge in [-0.25, -0.2) is 0 Å². The van der Waals surface area contributed by atoms with Gasteiger partial charge >= 0.3 is 6.18 Å². The van der Waals surface area contributed by atoms with E-state index in [1.807, 2.05) is 0 Å². The summed E-state index contributed by atoms with van der Waals surface area (Å²) in [4.78, 5) is 0. The summed E-state index contributed by atoms with van der Waals surface area (Å²) in [5, 5.41) is 0. The van der Waals surface area contributed by atoms with E-state index in [4.69, 9.17) is 0 Å². The maximum Gasteiger partial charge on any atom is 0.411 e. The predicted molar refractivity (Wildman–Crippen MR) is 26.8 cm³/mol. The number of hydrogen-bond acceptors (Lipinski definition) is 1. The van der Waals surface area contributed by atoms with E-state index in [1.54, 1.807) is 0 Å². The number of rotatable bonds is 3. The first-order valence-corrected chi connectivity index (χ1v) is 2.50.